The minimum absolute atomic E-state index is 0.109. The van der Waals surface area contributed by atoms with Crippen molar-refractivity contribution in [2.24, 2.45) is 5.73 Å². The van der Waals surface area contributed by atoms with Crippen molar-refractivity contribution in [3.8, 4) is 5.69 Å². The number of carbonyl (C=O) groups is 3. The van der Waals surface area contributed by atoms with E-state index in [0.717, 1.165) is 12.1 Å². The molecular weight excluding hydrogens is 420 g/mol. The lowest BCUT2D eigenvalue weighted by Crippen LogP contribution is -2.25. The average Bonchev–Trinajstić information content (AvgIpc) is 3.17. The molecule has 3 aromatic rings. The molecule has 0 aliphatic carbocycles. The molecule has 1 aromatic heterocycles. The number of rotatable bonds is 5. The molecule has 30 heavy (non-hydrogen) atoms. The predicted octanol–water partition coefficient (Wildman–Crippen LogP) is 2.51. The number of nitrogens with one attached hydrogen (secondary N) is 2. The Balaban J connectivity index is 1.86. The van der Waals surface area contributed by atoms with Crippen LogP contribution in [0.3, 0.4) is 0 Å². The van der Waals surface area contributed by atoms with E-state index in [4.69, 9.17) is 17.3 Å². The Bertz CT molecular complexity index is 1140. The van der Waals surface area contributed by atoms with Crippen LogP contribution in [0.25, 0.3) is 5.69 Å². The molecule has 0 aliphatic heterocycles. The van der Waals surface area contributed by atoms with E-state index < -0.39 is 34.4 Å². The summed E-state index contributed by atoms with van der Waals surface area (Å²) >= 11 is 5.56. The van der Waals surface area contributed by atoms with Crippen LogP contribution >= 0.6 is 11.6 Å². The molecular formula is C19H14ClF2N5O3. The van der Waals surface area contributed by atoms with Gasteiger partial charge in [0, 0.05) is 24.0 Å². The van der Waals surface area contributed by atoms with E-state index in [1.165, 1.54) is 42.2 Å². The van der Waals surface area contributed by atoms with Gasteiger partial charge < -0.3 is 16.4 Å². The summed E-state index contributed by atoms with van der Waals surface area (Å²) in [7, 11) is 1.39. The molecule has 0 unspecified atom stereocenters. The molecule has 11 heteroatoms. The fourth-order valence-electron chi connectivity index (χ4n) is 2.66. The van der Waals surface area contributed by atoms with Crippen molar-refractivity contribution in [1.82, 2.24) is 14.9 Å². The van der Waals surface area contributed by atoms with Crippen molar-refractivity contribution in [3.05, 3.63) is 76.3 Å². The summed E-state index contributed by atoms with van der Waals surface area (Å²) < 4.78 is 28.0. The molecule has 3 rings (SSSR count). The number of halogens is 3. The summed E-state index contributed by atoms with van der Waals surface area (Å²) in [4.78, 5) is 39.8. The second-order valence-corrected chi connectivity index (χ2v) is 6.42. The highest BCUT2D eigenvalue weighted by atomic mass is 35.5. The molecule has 0 saturated carbocycles. The van der Waals surface area contributed by atoms with Crippen LogP contribution in [-0.4, -0.2) is 34.3 Å². The van der Waals surface area contributed by atoms with Crippen LogP contribution in [0.1, 0.15) is 31.3 Å². The van der Waals surface area contributed by atoms with Gasteiger partial charge in [-0.2, -0.15) is 0 Å². The fraction of sp³-hybridized carbons (Fsp3) is 0.0526. The van der Waals surface area contributed by atoms with Crippen LogP contribution in [0.4, 0.5) is 14.5 Å². The van der Waals surface area contributed by atoms with Gasteiger partial charge in [0.1, 0.15) is 12.0 Å². The molecule has 3 amide bonds. The van der Waals surface area contributed by atoms with E-state index >= 15 is 0 Å². The van der Waals surface area contributed by atoms with Gasteiger partial charge in [-0.3, -0.25) is 19.0 Å². The molecule has 0 fully saturated rings. The standard InChI is InChI=1S/C19H14ClF2N5O3/c1-24-19(30)15-16(17(23)28)27(8-25-15)11-4-2-10(3-5-11)26-18(29)9-6-12(20)14(22)13(21)7-9/h2-8H,1H3,(H2,23,28)(H,24,30)(H,26,29). The van der Waals surface area contributed by atoms with E-state index in [1.807, 2.05) is 0 Å². The Morgan fingerprint density at radius 1 is 1.10 bits per heavy atom. The number of nitrogens with two attached hydrogens (primary N) is 1. The number of nitrogens with zero attached hydrogens (tertiary/aromatic N) is 2. The van der Waals surface area contributed by atoms with Crippen molar-refractivity contribution in [1.29, 1.82) is 0 Å². The first-order valence-corrected chi connectivity index (χ1v) is 8.76. The number of aromatic nitrogens is 2. The molecule has 4 N–H and O–H groups in total. The third-order valence-electron chi connectivity index (χ3n) is 4.09. The van der Waals surface area contributed by atoms with E-state index in [0.29, 0.717) is 11.4 Å². The van der Waals surface area contributed by atoms with Gasteiger partial charge in [0.15, 0.2) is 17.3 Å². The van der Waals surface area contributed by atoms with Crippen LogP contribution in [0, 0.1) is 11.6 Å². The van der Waals surface area contributed by atoms with Gasteiger partial charge in [-0.15, -0.1) is 0 Å². The molecule has 0 atom stereocenters. The van der Waals surface area contributed by atoms with E-state index in [1.54, 1.807) is 0 Å². The normalized spacial score (nSPS) is 10.5. The summed E-state index contributed by atoms with van der Waals surface area (Å²) in [6.45, 7) is 0. The summed E-state index contributed by atoms with van der Waals surface area (Å²) in [6, 6.07) is 7.81. The number of imidazole rings is 1. The number of hydrogen-bond donors (Lipinski definition) is 3. The Kier molecular flexibility index (Phi) is 5.79. The van der Waals surface area contributed by atoms with Gasteiger partial charge in [-0.05, 0) is 36.4 Å². The predicted molar refractivity (Wildman–Crippen MR) is 105 cm³/mol. The summed E-state index contributed by atoms with van der Waals surface area (Å²) in [5, 5.41) is 4.37. The van der Waals surface area contributed by atoms with Crippen molar-refractivity contribution in [2.75, 3.05) is 12.4 Å². The molecule has 0 saturated heterocycles. The van der Waals surface area contributed by atoms with Crippen molar-refractivity contribution in [2.45, 2.75) is 0 Å². The van der Waals surface area contributed by atoms with Crippen LogP contribution in [0.5, 0.6) is 0 Å². The lowest BCUT2D eigenvalue weighted by atomic mass is 10.2. The maximum atomic E-state index is 13.5. The largest absolute Gasteiger partial charge is 0.364 e. The summed E-state index contributed by atoms with van der Waals surface area (Å²) in [5.74, 6) is -4.60. The quantitative estimate of drug-likeness (QED) is 0.535. The highest BCUT2D eigenvalue weighted by Crippen LogP contribution is 2.22. The van der Waals surface area contributed by atoms with Gasteiger partial charge in [0.25, 0.3) is 17.7 Å². The van der Waals surface area contributed by atoms with Gasteiger partial charge in [0.2, 0.25) is 0 Å². The molecule has 0 spiro atoms. The molecule has 154 valence electrons. The van der Waals surface area contributed by atoms with Gasteiger partial charge >= 0.3 is 0 Å². The topological polar surface area (TPSA) is 119 Å². The monoisotopic (exact) mass is 433 g/mol. The molecule has 2 aromatic carbocycles. The highest BCUT2D eigenvalue weighted by molar-refractivity contribution is 6.31. The van der Waals surface area contributed by atoms with Crippen molar-refractivity contribution < 1.29 is 23.2 Å². The van der Waals surface area contributed by atoms with Gasteiger partial charge in [-0.1, -0.05) is 11.6 Å². The Hall–Kier alpha value is -3.79. The van der Waals surface area contributed by atoms with Gasteiger partial charge in [0.05, 0.1) is 5.02 Å². The molecule has 0 radical (unpaired) electrons. The van der Waals surface area contributed by atoms with Crippen LogP contribution < -0.4 is 16.4 Å². The second kappa shape index (κ2) is 8.29. The molecule has 1 heterocycles. The Morgan fingerprint density at radius 3 is 2.33 bits per heavy atom. The minimum Gasteiger partial charge on any atom is -0.364 e. The Morgan fingerprint density at radius 2 is 1.77 bits per heavy atom. The summed E-state index contributed by atoms with van der Waals surface area (Å²) in [6.07, 6.45) is 1.27. The zero-order valence-electron chi connectivity index (χ0n) is 15.4. The highest BCUT2D eigenvalue weighted by Gasteiger charge is 2.22. The molecule has 8 nitrogen and oxygen atoms in total. The number of amides is 3. The first-order valence-electron chi connectivity index (χ1n) is 8.38. The molecule has 0 aliphatic rings. The SMILES string of the molecule is CNC(=O)c1ncn(-c2ccc(NC(=O)c3cc(F)c(F)c(Cl)c3)cc2)c1C(N)=O. The number of primary amides is 1. The zero-order chi connectivity index (χ0) is 22.0. The van der Waals surface area contributed by atoms with Crippen molar-refractivity contribution in [3.63, 3.8) is 0 Å². The lowest BCUT2D eigenvalue weighted by Gasteiger charge is -2.10. The minimum atomic E-state index is -1.24. The van der Waals surface area contributed by atoms with Crippen molar-refractivity contribution >= 4 is 35.0 Å². The number of anilines is 1. The first-order chi connectivity index (χ1) is 14.2. The van der Waals surface area contributed by atoms with Crippen LogP contribution in [-0.2, 0) is 0 Å². The van der Waals surface area contributed by atoms with Gasteiger partial charge in [-0.25, -0.2) is 13.8 Å². The summed E-state index contributed by atoms with van der Waals surface area (Å²) in [5.41, 5.74) is 5.76. The third kappa shape index (κ3) is 3.98. The Labute approximate surface area is 173 Å². The number of hydrogen-bond acceptors (Lipinski definition) is 4. The number of benzene rings is 2. The third-order valence-corrected chi connectivity index (χ3v) is 4.37. The maximum absolute atomic E-state index is 13.5. The zero-order valence-corrected chi connectivity index (χ0v) is 16.1. The smallest absolute Gasteiger partial charge is 0.272 e. The van der Waals surface area contributed by atoms with Crippen LogP contribution in [0.2, 0.25) is 5.02 Å². The van der Waals surface area contributed by atoms with E-state index in [2.05, 4.69) is 15.6 Å². The molecule has 0 bridgehead atoms. The fourth-order valence-corrected chi connectivity index (χ4v) is 2.87. The van der Waals surface area contributed by atoms with E-state index in [-0.39, 0.29) is 17.0 Å². The van der Waals surface area contributed by atoms with Crippen LogP contribution in [0.15, 0.2) is 42.7 Å². The number of carbonyl (C=O) groups excluding carboxylic acids is 3. The maximum Gasteiger partial charge on any atom is 0.272 e. The van der Waals surface area contributed by atoms with E-state index in [9.17, 15) is 23.2 Å². The first kappa shape index (κ1) is 20.9. The second-order valence-electron chi connectivity index (χ2n) is 6.01. The lowest BCUT2D eigenvalue weighted by molar-refractivity contribution is 0.0937. The average molecular weight is 434 g/mol.